The van der Waals surface area contributed by atoms with Crippen molar-refractivity contribution in [2.24, 2.45) is 5.73 Å². The number of aromatic nitrogens is 1. The van der Waals surface area contributed by atoms with Gasteiger partial charge >= 0.3 is 0 Å². The molecule has 2 rings (SSSR count). The van der Waals surface area contributed by atoms with Crippen molar-refractivity contribution in [3.05, 3.63) is 29.6 Å². The van der Waals surface area contributed by atoms with Crippen molar-refractivity contribution >= 4 is 5.84 Å². The fraction of sp³-hybridized carbons (Fsp3) is 0.538. The van der Waals surface area contributed by atoms with Crippen LogP contribution in [-0.4, -0.2) is 65.1 Å². The molecule has 4 N–H and O–H groups in total. The van der Waals surface area contributed by atoms with Crippen LogP contribution in [0.2, 0.25) is 0 Å². The van der Waals surface area contributed by atoms with Crippen LogP contribution in [0.15, 0.2) is 18.3 Å². The zero-order valence-electron chi connectivity index (χ0n) is 11.0. The molecule has 0 amide bonds. The van der Waals surface area contributed by atoms with Gasteiger partial charge in [0.2, 0.25) is 0 Å². The number of nitrogens with one attached hydrogen (secondary N) is 1. The summed E-state index contributed by atoms with van der Waals surface area (Å²) in [6.07, 6.45) is 1.70. The van der Waals surface area contributed by atoms with Crippen LogP contribution in [0.1, 0.15) is 11.3 Å². The molecule has 1 aliphatic heterocycles. The molecular formula is C13H21N5O. The second kappa shape index (κ2) is 6.60. The van der Waals surface area contributed by atoms with Gasteiger partial charge in [-0.25, -0.2) is 0 Å². The van der Waals surface area contributed by atoms with Crippen molar-refractivity contribution < 1.29 is 5.11 Å². The van der Waals surface area contributed by atoms with Crippen molar-refractivity contribution in [1.29, 1.82) is 5.41 Å². The van der Waals surface area contributed by atoms with E-state index in [-0.39, 0.29) is 12.4 Å². The van der Waals surface area contributed by atoms with E-state index in [0.717, 1.165) is 44.8 Å². The summed E-state index contributed by atoms with van der Waals surface area (Å²) in [5.41, 5.74) is 7.12. The van der Waals surface area contributed by atoms with E-state index in [1.165, 1.54) is 0 Å². The van der Waals surface area contributed by atoms with Gasteiger partial charge in [0.15, 0.2) is 0 Å². The van der Waals surface area contributed by atoms with Crippen molar-refractivity contribution in [2.45, 2.75) is 6.54 Å². The van der Waals surface area contributed by atoms with E-state index in [0.29, 0.717) is 5.69 Å². The highest BCUT2D eigenvalue weighted by molar-refractivity contribution is 5.93. The lowest BCUT2D eigenvalue weighted by atomic mass is 10.2. The Morgan fingerprint density at radius 2 is 2.00 bits per heavy atom. The minimum absolute atomic E-state index is 0.00890. The molecule has 0 bridgehead atoms. The Labute approximate surface area is 113 Å². The molecule has 6 nitrogen and oxygen atoms in total. The third-order valence-electron chi connectivity index (χ3n) is 3.39. The largest absolute Gasteiger partial charge is 0.395 e. The smallest absolute Gasteiger partial charge is 0.141 e. The summed E-state index contributed by atoms with van der Waals surface area (Å²) >= 11 is 0. The van der Waals surface area contributed by atoms with E-state index < -0.39 is 0 Å². The Morgan fingerprint density at radius 1 is 1.32 bits per heavy atom. The van der Waals surface area contributed by atoms with Crippen molar-refractivity contribution in [3.63, 3.8) is 0 Å². The summed E-state index contributed by atoms with van der Waals surface area (Å²) < 4.78 is 0. The van der Waals surface area contributed by atoms with Crippen LogP contribution in [-0.2, 0) is 6.54 Å². The van der Waals surface area contributed by atoms with Gasteiger partial charge in [0.05, 0.1) is 6.61 Å². The SMILES string of the molecule is N=C(N)c1cc(CN2CCN(CCO)CC2)ccn1. The van der Waals surface area contributed by atoms with Crippen molar-refractivity contribution in [2.75, 3.05) is 39.3 Å². The van der Waals surface area contributed by atoms with Gasteiger partial charge in [0.25, 0.3) is 0 Å². The van der Waals surface area contributed by atoms with Gasteiger partial charge < -0.3 is 10.8 Å². The second-order valence-electron chi connectivity index (χ2n) is 4.80. The molecule has 1 aliphatic rings. The topological polar surface area (TPSA) is 89.5 Å². The third-order valence-corrected chi connectivity index (χ3v) is 3.39. The Bertz CT molecular complexity index is 429. The molecule has 19 heavy (non-hydrogen) atoms. The third kappa shape index (κ3) is 3.99. The average molecular weight is 263 g/mol. The van der Waals surface area contributed by atoms with Crippen LogP contribution in [0.5, 0.6) is 0 Å². The van der Waals surface area contributed by atoms with E-state index in [1.54, 1.807) is 6.20 Å². The maximum atomic E-state index is 8.91. The lowest BCUT2D eigenvalue weighted by Gasteiger charge is -2.34. The monoisotopic (exact) mass is 263 g/mol. The minimum Gasteiger partial charge on any atom is -0.395 e. The number of nitrogen functional groups attached to an aromatic ring is 1. The van der Waals surface area contributed by atoms with Gasteiger partial charge in [-0.05, 0) is 17.7 Å². The van der Waals surface area contributed by atoms with E-state index >= 15 is 0 Å². The first kappa shape index (κ1) is 13.9. The predicted molar refractivity (Wildman–Crippen MR) is 74.1 cm³/mol. The van der Waals surface area contributed by atoms with Gasteiger partial charge in [-0.15, -0.1) is 0 Å². The first-order chi connectivity index (χ1) is 9.19. The number of piperazine rings is 1. The Hall–Kier alpha value is -1.50. The quantitative estimate of drug-likeness (QED) is 0.491. The van der Waals surface area contributed by atoms with Gasteiger partial charge in [0.1, 0.15) is 11.5 Å². The highest BCUT2D eigenvalue weighted by atomic mass is 16.3. The second-order valence-corrected chi connectivity index (χ2v) is 4.80. The maximum Gasteiger partial charge on any atom is 0.141 e. The molecule has 6 heteroatoms. The Kier molecular flexibility index (Phi) is 4.84. The number of nitrogens with zero attached hydrogens (tertiary/aromatic N) is 3. The van der Waals surface area contributed by atoms with E-state index in [9.17, 15) is 0 Å². The predicted octanol–water partition coefficient (Wildman–Crippen LogP) is -0.524. The van der Waals surface area contributed by atoms with Crippen LogP contribution in [0.25, 0.3) is 0 Å². The van der Waals surface area contributed by atoms with Crippen LogP contribution >= 0.6 is 0 Å². The van der Waals surface area contributed by atoms with Gasteiger partial charge in [-0.2, -0.15) is 0 Å². The molecule has 0 aliphatic carbocycles. The van der Waals surface area contributed by atoms with Gasteiger partial charge in [-0.1, -0.05) is 0 Å². The molecular weight excluding hydrogens is 242 g/mol. The zero-order chi connectivity index (χ0) is 13.7. The molecule has 0 unspecified atom stereocenters. The number of pyridine rings is 1. The van der Waals surface area contributed by atoms with Crippen molar-refractivity contribution in [3.8, 4) is 0 Å². The Balaban J connectivity index is 1.88. The summed E-state index contributed by atoms with van der Waals surface area (Å²) in [4.78, 5) is 8.70. The fourth-order valence-corrected chi connectivity index (χ4v) is 2.29. The molecule has 1 saturated heterocycles. The normalized spacial score (nSPS) is 17.5. The first-order valence-electron chi connectivity index (χ1n) is 6.54. The van der Waals surface area contributed by atoms with E-state index in [1.807, 2.05) is 12.1 Å². The van der Waals surface area contributed by atoms with E-state index in [2.05, 4.69) is 14.8 Å². The molecule has 1 aromatic heterocycles. The number of aliphatic hydroxyl groups is 1. The van der Waals surface area contributed by atoms with Crippen LogP contribution < -0.4 is 5.73 Å². The minimum atomic E-state index is 0.00890. The summed E-state index contributed by atoms with van der Waals surface area (Å²) in [6.45, 7) is 5.82. The number of β-amino-alcohol motifs (C(OH)–C–C–N with tert-alkyl or cyclic N) is 1. The molecule has 0 atom stereocenters. The number of rotatable bonds is 5. The van der Waals surface area contributed by atoms with Crippen molar-refractivity contribution in [1.82, 2.24) is 14.8 Å². The number of aliphatic hydroxyl groups excluding tert-OH is 1. The number of hydrogen-bond donors (Lipinski definition) is 3. The average Bonchev–Trinajstić information content (AvgIpc) is 2.42. The molecule has 0 aromatic carbocycles. The lowest BCUT2D eigenvalue weighted by molar-refractivity contribution is 0.108. The lowest BCUT2D eigenvalue weighted by Crippen LogP contribution is -2.46. The Morgan fingerprint density at radius 3 is 2.63 bits per heavy atom. The van der Waals surface area contributed by atoms with Gasteiger partial charge in [0, 0.05) is 45.5 Å². The number of hydrogen-bond acceptors (Lipinski definition) is 5. The van der Waals surface area contributed by atoms with Gasteiger partial charge in [-0.3, -0.25) is 20.2 Å². The standard InChI is InChI=1S/C13H21N5O/c14-13(15)12-9-11(1-2-16-12)10-18-5-3-17(4-6-18)7-8-19/h1-2,9,19H,3-8,10H2,(H3,14,15). The van der Waals surface area contributed by atoms with Crippen LogP contribution in [0.3, 0.4) is 0 Å². The molecule has 2 heterocycles. The molecule has 0 saturated carbocycles. The highest BCUT2D eigenvalue weighted by Crippen LogP contribution is 2.09. The summed E-state index contributed by atoms with van der Waals surface area (Å²) in [6, 6.07) is 3.84. The molecule has 104 valence electrons. The van der Waals surface area contributed by atoms with Crippen LogP contribution in [0.4, 0.5) is 0 Å². The summed E-state index contributed by atoms with van der Waals surface area (Å²) in [7, 11) is 0. The molecule has 1 fully saturated rings. The first-order valence-corrected chi connectivity index (χ1v) is 6.54. The number of amidine groups is 1. The maximum absolute atomic E-state index is 8.91. The molecule has 1 aromatic rings. The molecule has 0 spiro atoms. The summed E-state index contributed by atoms with van der Waals surface area (Å²) in [5.74, 6) is 0.00890. The summed E-state index contributed by atoms with van der Waals surface area (Å²) in [5, 5.41) is 16.3. The fourth-order valence-electron chi connectivity index (χ4n) is 2.29. The number of nitrogens with two attached hydrogens (primary N) is 1. The van der Waals surface area contributed by atoms with Crippen LogP contribution in [0, 0.1) is 5.41 Å². The van der Waals surface area contributed by atoms with E-state index in [4.69, 9.17) is 16.2 Å². The zero-order valence-corrected chi connectivity index (χ0v) is 11.0. The molecule has 0 radical (unpaired) electrons. The highest BCUT2D eigenvalue weighted by Gasteiger charge is 2.16.